The second-order valence-corrected chi connectivity index (χ2v) is 9.75. The summed E-state index contributed by atoms with van der Waals surface area (Å²) >= 11 is 0. The highest BCUT2D eigenvalue weighted by Gasteiger charge is 2.68. The minimum absolute atomic E-state index is 0.173. The maximum atomic E-state index is 14.4. The maximum Gasteiger partial charge on any atom is 0.424 e. The van der Waals surface area contributed by atoms with Gasteiger partial charge < -0.3 is 14.2 Å². The number of carbonyl (C=O) groups is 1. The van der Waals surface area contributed by atoms with Crippen molar-refractivity contribution in [1.82, 2.24) is 5.32 Å². The molecule has 2 N–H and O–H groups in total. The SMILES string of the molecule is CCC(C)OP(=O)(O)C(CC#Cc1ccc(C)cc1)(NC(=O)OCc1ccccc1)C(F)(F)F. The number of amides is 1. The summed E-state index contributed by atoms with van der Waals surface area (Å²) in [4.78, 5) is 22.9. The predicted octanol–water partition coefficient (Wildman–Crippen LogP) is 5.92. The van der Waals surface area contributed by atoms with Gasteiger partial charge >= 0.3 is 19.9 Å². The van der Waals surface area contributed by atoms with Crippen LogP contribution in [0, 0.1) is 18.8 Å². The third kappa shape index (κ3) is 7.10. The number of halogens is 3. The van der Waals surface area contributed by atoms with Crippen molar-refractivity contribution in [2.75, 3.05) is 0 Å². The molecule has 0 spiro atoms. The number of carbonyl (C=O) groups excluding carboxylic acids is 1. The van der Waals surface area contributed by atoms with Gasteiger partial charge in [0.15, 0.2) is 0 Å². The van der Waals surface area contributed by atoms with E-state index in [-0.39, 0.29) is 13.0 Å². The standard InChI is InChI=1S/C24H27F3NO5P/c1-4-19(3)33-34(30,31)23(24(25,26)27,16-8-11-20-14-12-18(2)13-15-20)28-22(29)32-17-21-9-6-5-7-10-21/h5-7,9-10,12-15,19H,4,16-17H2,1-3H3,(H,28,29)(H,30,31). The zero-order chi connectivity index (χ0) is 25.4. The second kappa shape index (κ2) is 11.6. The van der Waals surface area contributed by atoms with Crippen LogP contribution < -0.4 is 5.32 Å². The lowest BCUT2D eigenvalue weighted by atomic mass is 10.1. The van der Waals surface area contributed by atoms with Gasteiger partial charge in [-0.3, -0.25) is 9.88 Å². The molecule has 184 valence electrons. The van der Waals surface area contributed by atoms with Gasteiger partial charge in [0, 0.05) is 5.56 Å². The zero-order valence-corrected chi connectivity index (χ0v) is 20.0. The fourth-order valence-electron chi connectivity index (χ4n) is 2.79. The number of hydrogen-bond acceptors (Lipinski definition) is 4. The van der Waals surface area contributed by atoms with Crippen LogP contribution in [-0.4, -0.2) is 28.5 Å². The van der Waals surface area contributed by atoms with Gasteiger partial charge in [0.1, 0.15) is 6.61 Å². The molecular weight excluding hydrogens is 470 g/mol. The minimum Gasteiger partial charge on any atom is -0.445 e. The Morgan fingerprint density at radius 1 is 1.15 bits per heavy atom. The number of alkyl carbamates (subject to hydrolysis) is 1. The first kappa shape index (κ1) is 27.5. The van der Waals surface area contributed by atoms with Gasteiger partial charge in [-0.25, -0.2) is 4.79 Å². The number of nitrogens with one attached hydrogen (secondary N) is 1. The third-order valence-corrected chi connectivity index (χ3v) is 7.13. The Balaban J connectivity index is 2.40. The first-order valence-electron chi connectivity index (χ1n) is 10.5. The van der Waals surface area contributed by atoms with E-state index in [1.165, 1.54) is 6.92 Å². The van der Waals surface area contributed by atoms with Crippen molar-refractivity contribution in [3.05, 3.63) is 71.3 Å². The van der Waals surface area contributed by atoms with Crippen LogP contribution in [0.25, 0.3) is 0 Å². The van der Waals surface area contributed by atoms with Crippen molar-refractivity contribution in [3.63, 3.8) is 0 Å². The number of benzene rings is 2. The van der Waals surface area contributed by atoms with E-state index in [0.29, 0.717) is 11.1 Å². The first-order chi connectivity index (χ1) is 15.9. The van der Waals surface area contributed by atoms with Crippen LogP contribution in [-0.2, 0) is 20.4 Å². The summed E-state index contributed by atoms with van der Waals surface area (Å²) in [5.41, 5.74) is 1.86. The van der Waals surface area contributed by atoms with Gasteiger partial charge in [-0.15, -0.1) is 0 Å². The quantitative estimate of drug-likeness (QED) is 0.349. The summed E-state index contributed by atoms with van der Waals surface area (Å²) in [6, 6.07) is 14.9. The van der Waals surface area contributed by atoms with Gasteiger partial charge in [0.25, 0.3) is 5.28 Å². The van der Waals surface area contributed by atoms with Gasteiger partial charge in [0.2, 0.25) is 0 Å². The van der Waals surface area contributed by atoms with E-state index >= 15 is 0 Å². The Bertz CT molecular complexity index is 1060. The fraction of sp³-hybridized carbons (Fsp3) is 0.375. The highest BCUT2D eigenvalue weighted by molar-refractivity contribution is 7.54. The van der Waals surface area contributed by atoms with Gasteiger partial charge in [0.05, 0.1) is 12.5 Å². The van der Waals surface area contributed by atoms with Crippen molar-refractivity contribution < 1.29 is 36.7 Å². The van der Waals surface area contributed by atoms with Crippen LogP contribution in [0.3, 0.4) is 0 Å². The Morgan fingerprint density at radius 2 is 1.76 bits per heavy atom. The van der Waals surface area contributed by atoms with Gasteiger partial charge in [-0.1, -0.05) is 66.8 Å². The van der Waals surface area contributed by atoms with Crippen LogP contribution in [0.1, 0.15) is 43.4 Å². The molecular formula is C24H27F3NO5P. The summed E-state index contributed by atoms with van der Waals surface area (Å²) in [6.45, 7) is 4.44. The monoisotopic (exact) mass is 497 g/mol. The molecule has 2 aromatic rings. The third-order valence-electron chi connectivity index (χ3n) is 5.00. The molecule has 1 amide bonds. The minimum atomic E-state index is -5.55. The van der Waals surface area contributed by atoms with E-state index in [1.54, 1.807) is 66.8 Å². The lowest BCUT2D eigenvalue weighted by Crippen LogP contribution is -2.58. The number of aryl methyl sites for hydroxylation is 1. The Hall–Kier alpha value is -2.79. The van der Waals surface area contributed by atoms with E-state index < -0.39 is 37.7 Å². The molecule has 10 heteroatoms. The fourth-order valence-corrected chi connectivity index (χ4v) is 4.44. The normalized spacial score (nSPS) is 15.7. The molecule has 2 aromatic carbocycles. The highest BCUT2D eigenvalue weighted by Crippen LogP contribution is 2.63. The van der Waals surface area contributed by atoms with Crippen LogP contribution in [0.15, 0.2) is 54.6 Å². The summed E-state index contributed by atoms with van der Waals surface area (Å²) in [7, 11) is -5.55. The number of rotatable bonds is 8. The molecule has 0 fully saturated rings. The summed E-state index contributed by atoms with van der Waals surface area (Å²) < 4.78 is 66.0. The highest BCUT2D eigenvalue weighted by atomic mass is 31.2. The lowest BCUT2D eigenvalue weighted by molar-refractivity contribution is -0.173. The van der Waals surface area contributed by atoms with Crippen molar-refractivity contribution in [3.8, 4) is 11.8 Å². The van der Waals surface area contributed by atoms with E-state index in [2.05, 4.69) is 11.8 Å². The molecule has 0 aromatic heterocycles. The first-order valence-corrected chi connectivity index (χ1v) is 12.1. The summed E-state index contributed by atoms with van der Waals surface area (Å²) in [6.07, 6.45) is -8.95. The number of hydrogen-bond donors (Lipinski definition) is 2. The molecule has 6 nitrogen and oxygen atoms in total. The average Bonchev–Trinajstić information content (AvgIpc) is 2.77. The molecule has 0 heterocycles. The smallest absolute Gasteiger partial charge is 0.424 e. The molecule has 2 rings (SSSR count). The molecule has 0 saturated carbocycles. The molecule has 0 bridgehead atoms. The molecule has 0 aliphatic carbocycles. The number of ether oxygens (including phenoxy) is 1. The van der Waals surface area contributed by atoms with Crippen LogP contribution in [0.5, 0.6) is 0 Å². The molecule has 0 radical (unpaired) electrons. The van der Waals surface area contributed by atoms with Crippen molar-refractivity contribution in [2.45, 2.75) is 57.8 Å². The molecule has 0 aliphatic heterocycles. The van der Waals surface area contributed by atoms with Gasteiger partial charge in [-0.05, 0) is 38.0 Å². The van der Waals surface area contributed by atoms with Crippen LogP contribution in [0.2, 0.25) is 0 Å². The van der Waals surface area contributed by atoms with E-state index in [0.717, 1.165) is 5.56 Å². The lowest BCUT2D eigenvalue weighted by Gasteiger charge is -2.37. The second-order valence-electron chi connectivity index (χ2n) is 7.73. The molecule has 3 atom stereocenters. The maximum absolute atomic E-state index is 14.4. The van der Waals surface area contributed by atoms with Crippen LogP contribution in [0.4, 0.5) is 18.0 Å². The molecule has 3 unspecified atom stereocenters. The van der Waals surface area contributed by atoms with Crippen molar-refractivity contribution in [2.24, 2.45) is 0 Å². The predicted molar refractivity (Wildman–Crippen MR) is 122 cm³/mol. The number of alkyl halides is 3. The average molecular weight is 497 g/mol. The molecule has 0 aliphatic rings. The Labute approximate surface area is 197 Å². The van der Waals surface area contributed by atoms with E-state index in [9.17, 15) is 27.4 Å². The van der Waals surface area contributed by atoms with Crippen molar-refractivity contribution in [1.29, 1.82) is 0 Å². The molecule has 0 saturated heterocycles. The van der Waals surface area contributed by atoms with Crippen LogP contribution >= 0.6 is 7.60 Å². The Kier molecular flexibility index (Phi) is 9.34. The van der Waals surface area contributed by atoms with Gasteiger partial charge in [-0.2, -0.15) is 13.2 Å². The largest absolute Gasteiger partial charge is 0.445 e. The van der Waals surface area contributed by atoms with E-state index in [4.69, 9.17) is 9.26 Å². The Morgan fingerprint density at radius 3 is 2.32 bits per heavy atom. The zero-order valence-electron chi connectivity index (χ0n) is 19.1. The van der Waals surface area contributed by atoms with Crippen molar-refractivity contribution >= 4 is 13.7 Å². The molecule has 34 heavy (non-hydrogen) atoms. The van der Waals surface area contributed by atoms with E-state index in [1.807, 2.05) is 6.92 Å². The topological polar surface area (TPSA) is 84.9 Å². The summed E-state index contributed by atoms with van der Waals surface area (Å²) in [5, 5.41) is -2.12. The summed E-state index contributed by atoms with van der Waals surface area (Å²) in [5.74, 6) is 4.83.